The van der Waals surface area contributed by atoms with E-state index in [0.717, 1.165) is 12.0 Å². The second kappa shape index (κ2) is 8.48. The summed E-state index contributed by atoms with van der Waals surface area (Å²) in [5.41, 5.74) is 1.03. The van der Waals surface area contributed by atoms with Crippen LogP contribution < -0.4 is 10.6 Å². The highest BCUT2D eigenvalue weighted by molar-refractivity contribution is 6.39. The van der Waals surface area contributed by atoms with E-state index in [1.54, 1.807) is 23.4 Å². The van der Waals surface area contributed by atoms with Crippen molar-refractivity contribution in [3.05, 3.63) is 60.2 Å². The van der Waals surface area contributed by atoms with Gasteiger partial charge >= 0.3 is 6.03 Å². The molecule has 4 rings (SSSR count). The normalized spacial score (nSPS) is 20.4. The fraction of sp³-hybridized carbons (Fsp3) is 0.333. The molecular formula is C21H22FN5O3. The summed E-state index contributed by atoms with van der Waals surface area (Å²) in [6, 6.07) is 8.98. The number of aromatic nitrogens is 1. The smallest absolute Gasteiger partial charge is 0.321 e. The van der Waals surface area contributed by atoms with E-state index in [2.05, 4.69) is 20.8 Å². The standard InChI is InChI=1S/C21H22FN5O3/c22-16-4-6-17(7-5-16)25-20(29)27-10-2-8-21(14-27)11-18(26-30-21)19(28)24-13-15-3-1-9-23-12-15/h1,3-7,9,12H,2,8,10-11,13-14H2,(H,24,28)(H,25,29). The Morgan fingerprint density at radius 2 is 2.07 bits per heavy atom. The Hall–Kier alpha value is -3.49. The fourth-order valence-electron chi connectivity index (χ4n) is 3.66. The Morgan fingerprint density at radius 3 is 2.83 bits per heavy atom. The van der Waals surface area contributed by atoms with Gasteiger partial charge in [0.05, 0.1) is 6.54 Å². The summed E-state index contributed by atoms with van der Waals surface area (Å²) in [6.07, 6.45) is 5.14. The van der Waals surface area contributed by atoms with Crippen molar-refractivity contribution < 1.29 is 18.8 Å². The van der Waals surface area contributed by atoms with Crippen LogP contribution in [0.4, 0.5) is 14.9 Å². The number of benzene rings is 1. The minimum absolute atomic E-state index is 0.288. The second-order valence-corrected chi connectivity index (χ2v) is 7.50. The van der Waals surface area contributed by atoms with Crippen LogP contribution in [0.25, 0.3) is 0 Å². The van der Waals surface area contributed by atoms with Crippen LogP contribution in [0.15, 0.2) is 53.9 Å². The molecule has 2 N–H and O–H groups in total. The predicted octanol–water partition coefficient (Wildman–Crippen LogP) is 2.68. The van der Waals surface area contributed by atoms with Gasteiger partial charge in [-0.2, -0.15) is 0 Å². The van der Waals surface area contributed by atoms with Gasteiger partial charge in [-0.15, -0.1) is 0 Å². The monoisotopic (exact) mass is 411 g/mol. The van der Waals surface area contributed by atoms with Crippen molar-refractivity contribution in [2.24, 2.45) is 5.16 Å². The molecule has 1 spiro atoms. The lowest BCUT2D eigenvalue weighted by atomic mass is 9.88. The van der Waals surface area contributed by atoms with Crippen LogP contribution in [0.5, 0.6) is 0 Å². The molecule has 2 aliphatic rings. The van der Waals surface area contributed by atoms with Gasteiger partial charge in [-0.25, -0.2) is 9.18 Å². The Balaban J connectivity index is 1.32. The summed E-state index contributed by atoms with van der Waals surface area (Å²) in [4.78, 5) is 36.4. The molecule has 156 valence electrons. The first kappa shape index (κ1) is 19.8. The third-order valence-electron chi connectivity index (χ3n) is 5.20. The average Bonchev–Trinajstić information content (AvgIpc) is 3.17. The molecule has 1 atom stereocenters. The predicted molar refractivity (Wildman–Crippen MR) is 108 cm³/mol. The molecule has 3 heterocycles. The Bertz CT molecular complexity index is 951. The summed E-state index contributed by atoms with van der Waals surface area (Å²) in [7, 11) is 0. The van der Waals surface area contributed by atoms with Crippen molar-refractivity contribution in [2.75, 3.05) is 18.4 Å². The summed E-state index contributed by atoms with van der Waals surface area (Å²) >= 11 is 0. The molecule has 2 aliphatic heterocycles. The van der Waals surface area contributed by atoms with Gasteiger partial charge in [0.25, 0.3) is 5.91 Å². The maximum absolute atomic E-state index is 13.0. The van der Waals surface area contributed by atoms with Crippen molar-refractivity contribution in [3.8, 4) is 0 Å². The van der Waals surface area contributed by atoms with Crippen molar-refractivity contribution in [3.63, 3.8) is 0 Å². The van der Waals surface area contributed by atoms with Crippen LogP contribution in [-0.2, 0) is 16.2 Å². The minimum Gasteiger partial charge on any atom is -0.386 e. The van der Waals surface area contributed by atoms with E-state index < -0.39 is 5.60 Å². The lowest BCUT2D eigenvalue weighted by Crippen LogP contribution is -2.52. The molecule has 1 aromatic heterocycles. The first-order chi connectivity index (χ1) is 14.5. The Kier molecular flexibility index (Phi) is 5.60. The number of halogens is 1. The number of hydrogen-bond acceptors (Lipinski definition) is 5. The van der Waals surface area contributed by atoms with E-state index >= 15 is 0 Å². The quantitative estimate of drug-likeness (QED) is 0.809. The summed E-state index contributed by atoms with van der Waals surface area (Å²) in [6.45, 7) is 1.24. The van der Waals surface area contributed by atoms with Crippen molar-refractivity contribution in [1.29, 1.82) is 0 Å². The SMILES string of the molecule is O=C(NCc1cccnc1)C1=NOC2(CCCN(C(=O)Nc3ccc(F)cc3)C2)C1. The van der Waals surface area contributed by atoms with Gasteiger partial charge in [0.1, 0.15) is 11.5 Å². The molecule has 0 bridgehead atoms. The van der Waals surface area contributed by atoms with Gasteiger partial charge in [-0.05, 0) is 48.7 Å². The Labute approximate surface area is 173 Å². The number of urea groups is 1. The van der Waals surface area contributed by atoms with Crippen LogP contribution >= 0.6 is 0 Å². The topological polar surface area (TPSA) is 95.9 Å². The highest BCUT2D eigenvalue weighted by atomic mass is 19.1. The average molecular weight is 411 g/mol. The third kappa shape index (κ3) is 4.56. The molecule has 1 fully saturated rings. The number of nitrogens with zero attached hydrogens (tertiary/aromatic N) is 3. The molecule has 1 aromatic carbocycles. The van der Waals surface area contributed by atoms with Crippen LogP contribution in [0.2, 0.25) is 0 Å². The Morgan fingerprint density at radius 1 is 1.23 bits per heavy atom. The molecule has 30 heavy (non-hydrogen) atoms. The van der Waals surface area contributed by atoms with Crippen LogP contribution in [0.3, 0.4) is 0 Å². The number of rotatable bonds is 4. The summed E-state index contributed by atoms with van der Waals surface area (Å²) in [5, 5.41) is 9.58. The first-order valence-corrected chi connectivity index (χ1v) is 9.77. The van der Waals surface area contributed by atoms with E-state index in [0.29, 0.717) is 43.9 Å². The van der Waals surface area contributed by atoms with Crippen LogP contribution in [0, 0.1) is 5.82 Å². The molecule has 1 saturated heterocycles. The highest BCUT2D eigenvalue weighted by Gasteiger charge is 2.45. The molecule has 0 radical (unpaired) electrons. The van der Waals surface area contributed by atoms with E-state index in [-0.39, 0.29) is 17.8 Å². The minimum atomic E-state index is -0.695. The van der Waals surface area contributed by atoms with Crippen molar-refractivity contribution in [1.82, 2.24) is 15.2 Å². The maximum atomic E-state index is 13.0. The number of amides is 3. The molecule has 8 nitrogen and oxygen atoms in total. The van der Waals surface area contributed by atoms with Gasteiger partial charge in [-0.3, -0.25) is 9.78 Å². The zero-order chi connectivity index (χ0) is 21.0. The zero-order valence-electron chi connectivity index (χ0n) is 16.3. The van der Waals surface area contributed by atoms with Crippen molar-refractivity contribution >= 4 is 23.3 Å². The molecule has 9 heteroatoms. The zero-order valence-corrected chi connectivity index (χ0v) is 16.3. The number of pyridine rings is 1. The number of anilines is 1. The number of hydrogen-bond donors (Lipinski definition) is 2. The fourth-order valence-corrected chi connectivity index (χ4v) is 3.66. The van der Waals surface area contributed by atoms with E-state index in [1.165, 1.54) is 24.3 Å². The maximum Gasteiger partial charge on any atom is 0.321 e. The largest absolute Gasteiger partial charge is 0.386 e. The lowest BCUT2D eigenvalue weighted by molar-refractivity contribution is -0.115. The first-order valence-electron chi connectivity index (χ1n) is 9.77. The van der Waals surface area contributed by atoms with Crippen LogP contribution in [-0.4, -0.2) is 46.2 Å². The van der Waals surface area contributed by atoms with Gasteiger partial charge in [0, 0.05) is 37.6 Å². The van der Waals surface area contributed by atoms with E-state index in [4.69, 9.17) is 4.84 Å². The third-order valence-corrected chi connectivity index (χ3v) is 5.20. The molecule has 1 unspecified atom stereocenters. The summed E-state index contributed by atoms with van der Waals surface area (Å²) in [5.74, 6) is -0.653. The lowest BCUT2D eigenvalue weighted by Gasteiger charge is -2.38. The molecule has 0 saturated carbocycles. The number of carbonyl (C=O) groups is 2. The molecular weight excluding hydrogens is 389 g/mol. The van der Waals surface area contributed by atoms with E-state index in [1.807, 2.05) is 6.07 Å². The van der Waals surface area contributed by atoms with Crippen molar-refractivity contribution in [2.45, 2.75) is 31.4 Å². The second-order valence-electron chi connectivity index (χ2n) is 7.50. The van der Waals surface area contributed by atoms with Crippen LogP contribution in [0.1, 0.15) is 24.8 Å². The summed E-state index contributed by atoms with van der Waals surface area (Å²) < 4.78 is 13.0. The number of carbonyl (C=O) groups excluding carboxylic acids is 2. The van der Waals surface area contributed by atoms with Gasteiger partial charge in [-0.1, -0.05) is 11.2 Å². The van der Waals surface area contributed by atoms with Gasteiger partial charge in [0.15, 0.2) is 5.60 Å². The number of piperidine rings is 1. The number of oxime groups is 1. The molecule has 0 aliphatic carbocycles. The van der Waals surface area contributed by atoms with Gasteiger partial charge in [0.2, 0.25) is 0 Å². The molecule has 2 aromatic rings. The van der Waals surface area contributed by atoms with Gasteiger partial charge < -0.3 is 20.4 Å². The van der Waals surface area contributed by atoms with E-state index in [9.17, 15) is 14.0 Å². The number of nitrogens with one attached hydrogen (secondary N) is 2. The number of likely N-dealkylation sites (tertiary alicyclic amines) is 1. The molecule has 3 amide bonds. The highest BCUT2D eigenvalue weighted by Crippen LogP contribution is 2.33.